The molecule has 1 heterocycles. The second-order valence-electron chi connectivity index (χ2n) is 22.7. The van der Waals surface area contributed by atoms with Crippen molar-refractivity contribution in [3.63, 3.8) is 0 Å². The van der Waals surface area contributed by atoms with Crippen molar-refractivity contribution in [2.24, 2.45) is 5.41 Å². The van der Waals surface area contributed by atoms with Gasteiger partial charge < -0.3 is 33.3 Å². The highest BCUT2D eigenvalue weighted by Crippen LogP contribution is 2.26. The van der Waals surface area contributed by atoms with Crippen molar-refractivity contribution in [3.05, 3.63) is 0 Å². The van der Waals surface area contributed by atoms with E-state index in [2.05, 4.69) is 32.6 Å². The zero-order chi connectivity index (χ0) is 55.4. The summed E-state index contributed by atoms with van der Waals surface area (Å²) >= 11 is 0. The highest BCUT2D eigenvalue weighted by Gasteiger charge is 2.34. The number of ether oxygens (including phenoxy) is 6. The number of esters is 4. The lowest BCUT2D eigenvalue weighted by Gasteiger charge is -2.31. The summed E-state index contributed by atoms with van der Waals surface area (Å²) in [4.78, 5) is 67.0. The summed E-state index contributed by atoms with van der Waals surface area (Å²) in [6.45, 7) is 13.8. The fourth-order valence-electron chi connectivity index (χ4n) is 10.2. The van der Waals surface area contributed by atoms with Gasteiger partial charge in [-0.25, -0.2) is 4.79 Å². The predicted octanol–water partition coefficient (Wildman–Crippen LogP) is 17.6. The Morgan fingerprint density at radius 3 is 1.04 bits per heavy atom. The molecule has 12 nitrogen and oxygen atoms in total. The predicted molar refractivity (Wildman–Crippen MR) is 309 cm³/mol. The van der Waals surface area contributed by atoms with E-state index >= 15 is 0 Å². The number of hydrogen-bond donors (Lipinski definition) is 0. The number of nitrogens with zero attached hydrogens (tertiary/aromatic N) is 1. The third-order valence-electron chi connectivity index (χ3n) is 15.5. The van der Waals surface area contributed by atoms with Gasteiger partial charge in [-0.15, -0.1) is 0 Å². The van der Waals surface area contributed by atoms with Crippen LogP contribution >= 0.6 is 0 Å². The van der Waals surface area contributed by atoms with Crippen molar-refractivity contribution in [2.45, 2.75) is 329 Å². The Morgan fingerprint density at radius 1 is 0.368 bits per heavy atom. The molecule has 12 heteroatoms. The molecule has 0 aromatic heterocycles. The van der Waals surface area contributed by atoms with Crippen molar-refractivity contribution in [3.8, 4) is 0 Å². The van der Waals surface area contributed by atoms with Gasteiger partial charge in [-0.2, -0.15) is 0 Å². The van der Waals surface area contributed by atoms with E-state index < -0.39 is 11.6 Å². The summed E-state index contributed by atoms with van der Waals surface area (Å²) in [5.41, 5.74) is -0.940. The van der Waals surface area contributed by atoms with Crippen LogP contribution in [0.5, 0.6) is 0 Å². The molecule has 1 aliphatic heterocycles. The molecule has 1 fully saturated rings. The Morgan fingerprint density at radius 2 is 0.684 bits per heavy atom. The first kappa shape index (κ1) is 71.1. The van der Waals surface area contributed by atoms with Crippen LogP contribution in [0.4, 0.5) is 4.79 Å². The number of carbonyl (C=O) groups excluding carboxylic acids is 5. The van der Waals surface area contributed by atoms with Crippen LogP contribution in [-0.2, 0) is 47.6 Å². The molecule has 0 N–H and O–H groups in total. The molecular formula is C64H119NO11. The van der Waals surface area contributed by atoms with E-state index in [1.807, 2.05) is 6.92 Å². The monoisotopic (exact) mass is 1080 g/mol. The van der Waals surface area contributed by atoms with Gasteiger partial charge in [-0.3, -0.25) is 19.2 Å². The molecule has 0 bridgehead atoms. The molecule has 0 unspecified atom stereocenters. The van der Waals surface area contributed by atoms with Crippen LogP contribution in [0.25, 0.3) is 0 Å². The molecule has 1 saturated heterocycles. The Bertz CT molecular complexity index is 1280. The number of likely N-dealkylation sites (tertiary alicyclic amines) is 1. The van der Waals surface area contributed by atoms with Crippen molar-refractivity contribution >= 4 is 30.0 Å². The zero-order valence-corrected chi connectivity index (χ0v) is 50.2. The van der Waals surface area contributed by atoms with Crippen molar-refractivity contribution in [1.82, 2.24) is 4.90 Å². The van der Waals surface area contributed by atoms with Crippen LogP contribution in [0.15, 0.2) is 0 Å². The van der Waals surface area contributed by atoms with Gasteiger partial charge in [0.25, 0.3) is 0 Å². The zero-order valence-electron chi connectivity index (χ0n) is 50.2. The normalized spacial score (nSPS) is 12.9. The second kappa shape index (κ2) is 51.5. The van der Waals surface area contributed by atoms with E-state index in [0.717, 1.165) is 116 Å². The second-order valence-corrected chi connectivity index (χ2v) is 22.7. The molecule has 446 valence electrons. The number of unbranched alkanes of at least 4 members (excludes halogenated alkanes) is 26. The van der Waals surface area contributed by atoms with Crippen LogP contribution in [0.3, 0.4) is 0 Å². The molecule has 0 radical (unpaired) electrons. The van der Waals surface area contributed by atoms with Crippen molar-refractivity contribution < 1.29 is 52.4 Å². The van der Waals surface area contributed by atoms with Gasteiger partial charge in [-0.05, 0) is 116 Å². The van der Waals surface area contributed by atoms with Gasteiger partial charge in [0.2, 0.25) is 0 Å². The van der Waals surface area contributed by atoms with Crippen LogP contribution in [-0.4, -0.2) is 93.2 Å². The average molecular weight is 1080 g/mol. The summed E-state index contributed by atoms with van der Waals surface area (Å²) in [5.74, 6) is -0.951. The maximum absolute atomic E-state index is 13.1. The quantitative estimate of drug-likeness (QED) is 0.0325. The standard InChI is InChI=1S/C64H119NO11/c1-6-11-15-19-23-31-42-57(43-32-24-20-16-12-7-2)75-61(68)48-37-29-27-35-46-59(66)72-54-64(10-5,56-74-63(70)71-53-41-52-65-50-39-40-51-65)55-73-60(67)47-36-28-30-38-49-62(69)76-58(44-33-25-21-17-13-8-3)45-34-26-22-18-14-9-4/h57-58H,6-56H2,1-5H3. The van der Waals surface area contributed by atoms with Gasteiger partial charge in [-0.1, -0.05) is 189 Å². The Hall–Kier alpha value is -2.89. The third kappa shape index (κ3) is 43.0. The number of rotatable bonds is 55. The maximum atomic E-state index is 13.1. The highest BCUT2D eigenvalue weighted by atomic mass is 16.7. The lowest BCUT2D eigenvalue weighted by molar-refractivity contribution is -0.157. The highest BCUT2D eigenvalue weighted by molar-refractivity contribution is 5.70. The summed E-state index contributed by atoms with van der Waals surface area (Å²) in [7, 11) is 0. The van der Waals surface area contributed by atoms with Crippen LogP contribution in [0.1, 0.15) is 317 Å². The summed E-state index contributed by atoms with van der Waals surface area (Å²) in [6, 6.07) is 0. The van der Waals surface area contributed by atoms with Gasteiger partial charge >= 0.3 is 30.0 Å². The van der Waals surface area contributed by atoms with E-state index in [9.17, 15) is 24.0 Å². The Balaban J connectivity index is 2.60. The van der Waals surface area contributed by atoms with E-state index in [1.54, 1.807) is 0 Å². The molecule has 0 aromatic carbocycles. The minimum atomic E-state index is -0.940. The van der Waals surface area contributed by atoms with Crippen molar-refractivity contribution in [2.75, 3.05) is 46.1 Å². The van der Waals surface area contributed by atoms with Gasteiger partial charge in [0.15, 0.2) is 0 Å². The van der Waals surface area contributed by atoms with Crippen LogP contribution in [0, 0.1) is 5.41 Å². The fraction of sp³-hybridized carbons (Fsp3) is 0.922. The Labute approximate surface area is 466 Å². The van der Waals surface area contributed by atoms with E-state index in [-0.39, 0.29) is 75.4 Å². The smallest absolute Gasteiger partial charge is 0.465 e. The SMILES string of the molecule is CCCCCCCCC(CCCCCCCC)OC(=O)CCCCCCC(=O)OCC(CC)(COC(=O)CCCCCCC(=O)OC(CCCCCCCC)CCCCCCCC)COC(=O)OCCCN1CCCC1. The molecule has 0 spiro atoms. The first-order valence-electron chi connectivity index (χ1n) is 32.3. The molecule has 76 heavy (non-hydrogen) atoms. The molecule has 0 aliphatic carbocycles. The van der Waals surface area contributed by atoms with Gasteiger partial charge in [0.05, 0.1) is 12.0 Å². The third-order valence-corrected chi connectivity index (χ3v) is 15.5. The molecule has 0 aromatic rings. The molecule has 1 aliphatic rings. The van der Waals surface area contributed by atoms with E-state index in [1.165, 1.54) is 141 Å². The fourth-order valence-corrected chi connectivity index (χ4v) is 10.2. The number of carbonyl (C=O) groups is 5. The maximum Gasteiger partial charge on any atom is 0.508 e. The topological polar surface area (TPSA) is 144 Å². The lowest BCUT2D eigenvalue weighted by Crippen LogP contribution is -2.39. The number of hydrogen-bond acceptors (Lipinski definition) is 12. The van der Waals surface area contributed by atoms with E-state index in [0.29, 0.717) is 32.1 Å². The molecule has 1 rings (SSSR count). The molecule has 0 atom stereocenters. The summed E-state index contributed by atoms with van der Waals surface area (Å²) in [5, 5.41) is 0. The first-order valence-corrected chi connectivity index (χ1v) is 32.3. The van der Waals surface area contributed by atoms with E-state index in [4.69, 9.17) is 28.4 Å². The van der Waals surface area contributed by atoms with Gasteiger partial charge in [0, 0.05) is 32.2 Å². The molecule has 0 amide bonds. The Kier molecular flexibility index (Phi) is 48.2. The molecule has 0 saturated carbocycles. The van der Waals surface area contributed by atoms with Crippen molar-refractivity contribution in [1.29, 1.82) is 0 Å². The average Bonchev–Trinajstić information content (AvgIpc) is 3.95. The molecular weight excluding hydrogens is 959 g/mol. The lowest BCUT2D eigenvalue weighted by atomic mass is 9.88. The minimum absolute atomic E-state index is 0.0104. The first-order chi connectivity index (χ1) is 37.1. The van der Waals surface area contributed by atoms with Gasteiger partial charge in [0.1, 0.15) is 32.0 Å². The largest absolute Gasteiger partial charge is 0.508 e. The summed E-state index contributed by atoms with van der Waals surface area (Å²) < 4.78 is 34.6. The van der Waals surface area contributed by atoms with Crippen LogP contribution in [0.2, 0.25) is 0 Å². The summed E-state index contributed by atoms with van der Waals surface area (Å²) in [6.07, 6.45) is 43.2. The minimum Gasteiger partial charge on any atom is -0.465 e. The van der Waals surface area contributed by atoms with Crippen LogP contribution < -0.4 is 0 Å².